The van der Waals surface area contributed by atoms with Crippen molar-refractivity contribution in [3.8, 4) is 32.7 Å². The van der Waals surface area contributed by atoms with Crippen LogP contribution in [0.25, 0.3) is 95.3 Å². The third-order valence-electron chi connectivity index (χ3n) is 9.43. The van der Waals surface area contributed by atoms with E-state index in [-0.39, 0.29) is 0 Å². The maximum absolute atomic E-state index is 2.43. The van der Waals surface area contributed by atoms with E-state index in [1.54, 1.807) is 0 Å². The van der Waals surface area contributed by atoms with Crippen molar-refractivity contribution < 1.29 is 0 Å². The Hall–Kier alpha value is -5.28. The highest BCUT2D eigenvalue weighted by Crippen LogP contribution is 2.49. The molecule has 0 N–H and O–H groups in total. The number of thiophene rings is 2. The summed E-state index contributed by atoms with van der Waals surface area (Å²) >= 11 is 3.80. The third-order valence-corrected chi connectivity index (χ3v) is 11.7. The van der Waals surface area contributed by atoms with Gasteiger partial charge in [0.1, 0.15) is 0 Å². The quantitative estimate of drug-likeness (QED) is 0.173. The van der Waals surface area contributed by atoms with E-state index < -0.39 is 0 Å². The van der Waals surface area contributed by atoms with Crippen LogP contribution < -0.4 is 0 Å². The van der Waals surface area contributed by atoms with Crippen LogP contribution in [0.15, 0.2) is 158 Å². The van der Waals surface area contributed by atoms with Crippen LogP contribution in [0.1, 0.15) is 0 Å². The molecule has 8 aromatic carbocycles. The predicted molar refractivity (Wildman–Crippen MR) is 204 cm³/mol. The minimum atomic E-state index is 1.26. The fraction of sp³-hybridized carbons (Fsp3) is 0. The van der Waals surface area contributed by atoms with Gasteiger partial charge >= 0.3 is 0 Å². The van der Waals surface area contributed by atoms with E-state index in [0.29, 0.717) is 0 Å². The van der Waals surface area contributed by atoms with E-state index in [4.69, 9.17) is 0 Å². The van der Waals surface area contributed by atoms with Crippen molar-refractivity contribution in [2.24, 2.45) is 0 Å². The minimum Gasteiger partial charge on any atom is -0.135 e. The molecule has 0 saturated carbocycles. The molecule has 0 bridgehead atoms. The molecule has 0 amide bonds. The highest BCUT2D eigenvalue weighted by atomic mass is 32.1. The van der Waals surface area contributed by atoms with Crippen molar-refractivity contribution in [2.45, 2.75) is 0 Å². The minimum absolute atomic E-state index is 1.26. The fourth-order valence-electron chi connectivity index (χ4n) is 7.39. The summed E-state index contributed by atoms with van der Waals surface area (Å²) in [5.74, 6) is 0. The zero-order chi connectivity index (χ0) is 30.2. The lowest BCUT2D eigenvalue weighted by molar-refractivity contribution is 1.69. The smallest absolute Gasteiger partial charge is 0.0370 e. The van der Waals surface area contributed by atoms with Crippen LogP contribution >= 0.6 is 22.7 Å². The van der Waals surface area contributed by atoms with Gasteiger partial charge in [-0.15, -0.1) is 22.7 Å². The average molecular weight is 619 g/mol. The number of hydrogen-bond acceptors (Lipinski definition) is 2. The lowest BCUT2D eigenvalue weighted by Crippen LogP contribution is -1.91. The maximum Gasteiger partial charge on any atom is 0.0370 e. The number of fused-ring (bicyclic) bond motifs is 7. The van der Waals surface area contributed by atoms with Crippen molar-refractivity contribution in [1.82, 2.24) is 0 Å². The Morgan fingerprint density at radius 1 is 0.326 bits per heavy atom. The molecule has 0 saturated heterocycles. The molecule has 46 heavy (non-hydrogen) atoms. The average Bonchev–Trinajstić information content (AvgIpc) is 3.70. The largest absolute Gasteiger partial charge is 0.135 e. The highest BCUT2D eigenvalue weighted by molar-refractivity contribution is 7.27. The Kier molecular flexibility index (Phi) is 5.72. The lowest BCUT2D eigenvalue weighted by Gasteiger charge is -2.18. The van der Waals surface area contributed by atoms with Crippen LogP contribution in [0, 0.1) is 0 Å². The summed E-state index contributed by atoms with van der Waals surface area (Å²) in [6, 6.07) is 58.4. The predicted octanol–water partition coefficient (Wildman–Crippen LogP) is 13.7. The van der Waals surface area contributed by atoms with E-state index in [2.05, 4.69) is 158 Å². The van der Waals surface area contributed by atoms with Gasteiger partial charge in [-0.2, -0.15) is 0 Å². The molecule has 0 radical (unpaired) electrons. The first-order valence-electron chi connectivity index (χ1n) is 15.7. The van der Waals surface area contributed by atoms with Crippen molar-refractivity contribution in [1.29, 1.82) is 0 Å². The molecule has 0 spiro atoms. The second-order valence-electron chi connectivity index (χ2n) is 12.0. The van der Waals surface area contributed by atoms with Crippen LogP contribution in [0.3, 0.4) is 0 Å². The van der Waals surface area contributed by atoms with E-state index in [1.807, 2.05) is 22.7 Å². The van der Waals surface area contributed by atoms with Crippen LogP contribution in [-0.4, -0.2) is 0 Å². The molecular formula is C44H26S2. The van der Waals surface area contributed by atoms with Gasteiger partial charge in [0.25, 0.3) is 0 Å². The molecule has 0 aliphatic carbocycles. The summed E-state index contributed by atoms with van der Waals surface area (Å²) in [4.78, 5) is 1.32. The molecule has 2 aromatic heterocycles. The summed E-state index contributed by atoms with van der Waals surface area (Å²) in [5.41, 5.74) is 6.46. The Balaban J connectivity index is 1.28. The van der Waals surface area contributed by atoms with E-state index >= 15 is 0 Å². The van der Waals surface area contributed by atoms with Crippen LogP contribution in [-0.2, 0) is 0 Å². The Morgan fingerprint density at radius 2 is 1.00 bits per heavy atom. The molecule has 10 rings (SSSR count). The maximum atomic E-state index is 2.43. The third kappa shape index (κ3) is 3.91. The Labute approximate surface area is 274 Å². The zero-order valence-corrected chi connectivity index (χ0v) is 26.5. The van der Waals surface area contributed by atoms with Crippen LogP contribution in [0.5, 0.6) is 0 Å². The molecule has 0 atom stereocenters. The molecule has 10 aromatic rings. The Bertz CT molecular complexity index is 2740. The van der Waals surface area contributed by atoms with Crippen LogP contribution in [0.2, 0.25) is 0 Å². The SMILES string of the molecule is c1ccc(-c2cc3cc4c(cc3s2)sc2cccc(-c3c5ccccc5c(-c5ccc6ccccc6c5)c5ccccc35)c24)cc1. The molecule has 2 heterocycles. The first kappa shape index (κ1) is 26.0. The van der Waals surface area contributed by atoms with Crippen molar-refractivity contribution in [3.05, 3.63) is 158 Å². The summed E-state index contributed by atoms with van der Waals surface area (Å²) in [6.07, 6.45) is 0. The summed E-state index contributed by atoms with van der Waals surface area (Å²) in [7, 11) is 0. The van der Waals surface area contributed by atoms with E-state index in [0.717, 1.165) is 0 Å². The first-order chi connectivity index (χ1) is 22.8. The van der Waals surface area contributed by atoms with E-state index in [9.17, 15) is 0 Å². The van der Waals surface area contributed by atoms with Gasteiger partial charge in [0, 0.05) is 29.7 Å². The van der Waals surface area contributed by atoms with Gasteiger partial charge in [-0.1, -0.05) is 127 Å². The number of rotatable bonds is 3. The Morgan fingerprint density at radius 3 is 1.76 bits per heavy atom. The summed E-state index contributed by atoms with van der Waals surface area (Å²) < 4.78 is 4.02. The highest BCUT2D eigenvalue weighted by Gasteiger charge is 2.20. The monoisotopic (exact) mass is 618 g/mol. The van der Waals surface area contributed by atoms with Gasteiger partial charge in [0.05, 0.1) is 0 Å². The standard InChI is InChI=1S/C44H26S2/c1-2-12-28(13-3-1)39-25-31-24-37-41(26-40(31)46-39)45-38-20-10-19-36(44(37)38)43-34-17-8-6-15-32(34)42(33-16-7-9-18-35(33)43)30-22-21-27-11-4-5-14-29(27)23-30/h1-26H. The van der Waals surface area contributed by atoms with Crippen molar-refractivity contribution in [2.75, 3.05) is 0 Å². The topological polar surface area (TPSA) is 0 Å². The van der Waals surface area contributed by atoms with Gasteiger partial charge in [0.15, 0.2) is 0 Å². The molecule has 0 nitrogen and oxygen atoms in total. The molecule has 2 heteroatoms. The van der Waals surface area contributed by atoms with Gasteiger partial charge in [-0.25, -0.2) is 0 Å². The summed E-state index contributed by atoms with van der Waals surface area (Å²) in [5, 5.41) is 11.7. The zero-order valence-electron chi connectivity index (χ0n) is 24.8. The van der Waals surface area contributed by atoms with Crippen molar-refractivity contribution in [3.63, 3.8) is 0 Å². The van der Waals surface area contributed by atoms with Gasteiger partial charge in [-0.05, 0) is 95.9 Å². The summed E-state index contributed by atoms with van der Waals surface area (Å²) in [6.45, 7) is 0. The molecular weight excluding hydrogens is 593 g/mol. The van der Waals surface area contributed by atoms with Crippen molar-refractivity contribution >= 4 is 85.2 Å². The fourth-order valence-corrected chi connectivity index (χ4v) is 9.71. The van der Waals surface area contributed by atoms with Gasteiger partial charge in [-0.3, -0.25) is 0 Å². The molecule has 0 fully saturated rings. The first-order valence-corrected chi connectivity index (χ1v) is 17.3. The second kappa shape index (κ2) is 10.1. The second-order valence-corrected chi connectivity index (χ2v) is 14.2. The van der Waals surface area contributed by atoms with Gasteiger partial charge < -0.3 is 0 Å². The van der Waals surface area contributed by atoms with Crippen LogP contribution in [0.4, 0.5) is 0 Å². The molecule has 214 valence electrons. The molecule has 0 aliphatic rings. The lowest BCUT2D eigenvalue weighted by atomic mass is 9.84. The number of benzene rings is 8. The van der Waals surface area contributed by atoms with E-state index in [1.165, 1.54) is 95.3 Å². The number of hydrogen-bond donors (Lipinski definition) is 0. The molecule has 0 aliphatic heterocycles. The molecule has 0 unspecified atom stereocenters. The normalized spacial score (nSPS) is 11.9. The van der Waals surface area contributed by atoms with Gasteiger partial charge in [0.2, 0.25) is 0 Å².